The zero-order valence-electron chi connectivity index (χ0n) is 20.3. The fraction of sp³-hybridized carbons (Fsp3) is 0.696. The number of carboxylic acids is 1. The fourth-order valence-electron chi connectivity index (χ4n) is 3.24. The van der Waals surface area contributed by atoms with Gasteiger partial charge in [0.25, 0.3) is 0 Å². The summed E-state index contributed by atoms with van der Waals surface area (Å²) in [5.74, 6) is -2.16. The molecule has 3 atom stereocenters. The molecule has 10 heteroatoms. The summed E-state index contributed by atoms with van der Waals surface area (Å²) in [5, 5.41) is 10.9. The summed E-state index contributed by atoms with van der Waals surface area (Å²) in [7, 11) is 0. The summed E-state index contributed by atoms with van der Waals surface area (Å²) in [6.45, 7) is 10.8. The van der Waals surface area contributed by atoms with Crippen LogP contribution in [0.15, 0.2) is 5.38 Å². The molecule has 1 aromatic rings. The SMILES string of the molecule is CCCC(=O)OCN(C(=O)C[C@@H](C)CC)[C@H](C[C@@H](OC(C)=O)c1nc(C(=O)O)cs1)C(C)C. The van der Waals surface area contributed by atoms with Crippen LogP contribution in [0, 0.1) is 11.8 Å². The molecular weight excluding hydrogens is 448 g/mol. The maximum Gasteiger partial charge on any atom is 0.355 e. The molecule has 0 aliphatic carbocycles. The Bertz CT molecular complexity index is 808. The van der Waals surface area contributed by atoms with Crippen molar-refractivity contribution in [1.29, 1.82) is 0 Å². The first kappa shape index (κ1) is 28.5. The number of hydrogen-bond acceptors (Lipinski definition) is 8. The zero-order chi connectivity index (χ0) is 25.1. The third kappa shape index (κ3) is 9.49. The van der Waals surface area contributed by atoms with E-state index in [9.17, 15) is 24.3 Å². The molecule has 1 heterocycles. The number of carbonyl (C=O) groups is 4. The van der Waals surface area contributed by atoms with Crippen molar-refractivity contribution in [3.8, 4) is 0 Å². The molecule has 0 fully saturated rings. The number of amides is 1. The van der Waals surface area contributed by atoms with E-state index in [-0.39, 0.29) is 49.0 Å². The van der Waals surface area contributed by atoms with Gasteiger partial charge < -0.3 is 19.5 Å². The molecule has 0 aliphatic rings. The number of carboxylic acid groups (broad SMARTS) is 1. The topological polar surface area (TPSA) is 123 Å². The molecule has 186 valence electrons. The normalized spacial score (nSPS) is 13.8. The molecule has 0 bridgehead atoms. The smallest absolute Gasteiger partial charge is 0.355 e. The van der Waals surface area contributed by atoms with Gasteiger partial charge in [-0.15, -0.1) is 11.3 Å². The van der Waals surface area contributed by atoms with Crippen LogP contribution < -0.4 is 0 Å². The third-order valence-corrected chi connectivity index (χ3v) is 6.25. The van der Waals surface area contributed by atoms with Crippen LogP contribution in [0.2, 0.25) is 0 Å². The van der Waals surface area contributed by atoms with Crippen molar-refractivity contribution in [2.75, 3.05) is 6.73 Å². The van der Waals surface area contributed by atoms with Gasteiger partial charge in [-0.1, -0.05) is 41.0 Å². The Morgan fingerprint density at radius 3 is 2.33 bits per heavy atom. The van der Waals surface area contributed by atoms with E-state index in [0.717, 1.165) is 17.8 Å². The molecule has 1 rings (SSSR count). The Morgan fingerprint density at radius 2 is 1.85 bits per heavy atom. The van der Waals surface area contributed by atoms with Crippen molar-refractivity contribution in [2.45, 2.75) is 85.8 Å². The van der Waals surface area contributed by atoms with E-state index in [1.165, 1.54) is 17.2 Å². The minimum Gasteiger partial charge on any atom is -0.476 e. The Balaban J connectivity index is 3.24. The van der Waals surface area contributed by atoms with E-state index in [4.69, 9.17) is 9.47 Å². The molecule has 1 N–H and O–H groups in total. The first-order valence-electron chi connectivity index (χ1n) is 11.3. The molecule has 0 aromatic carbocycles. The van der Waals surface area contributed by atoms with Gasteiger partial charge in [0.15, 0.2) is 18.5 Å². The van der Waals surface area contributed by atoms with Crippen LogP contribution in [-0.4, -0.2) is 51.6 Å². The van der Waals surface area contributed by atoms with Gasteiger partial charge in [-0.3, -0.25) is 14.4 Å². The average Bonchev–Trinajstić information content (AvgIpc) is 3.22. The number of aromatic nitrogens is 1. The van der Waals surface area contributed by atoms with E-state index < -0.39 is 24.1 Å². The lowest BCUT2D eigenvalue weighted by atomic mass is 9.95. The van der Waals surface area contributed by atoms with Gasteiger partial charge in [-0.25, -0.2) is 9.78 Å². The lowest BCUT2D eigenvalue weighted by Crippen LogP contribution is -2.46. The monoisotopic (exact) mass is 484 g/mol. The second kappa shape index (κ2) is 13.9. The highest BCUT2D eigenvalue weighted by molar-refractivity contribution is 7.09. The third-order valence-electron chi connectivity index (χ3n) is 5.31. The Kier molecular flexibility index (Phi) is 12.0. The van der Waals surface area contributed by atoms with Crippen LogP contribution >= 0.6 is 11.3 Å². The van der Waals surface area contributed by atoms with Crippen molar-refractivity contribution in [1.82, 2.24) is 9.88 Å². The summed E-state index contributed by atoms with van der Waals surface area (Å²) in [4.78, 5) is 53.9. The van der Waals surface area contributed by atoms with Crippen LogP contribution in [0.3, 0.4) is 0 Å². The predicted molar refractivity (Wildman–Crippen MR) is 124 cm³/mol. The molecule has 0 aliphatic heterocycles. The van der Waals surface area contributed by atoms with Gasteiger partial charge in [0.05, 0.1) is 0 Å². The lowest BCUT2D eigenvalue weighted by molar-refractivity contribution is -0.158. The molecule has 1 aromatic heterocycles. The van der Waals surface area contributed by atoms with Gasteiger partial charge in [0.2, 0.25) is 5.91 Å². The summed E-state index contributed by atoms with van der Waals surface area (Å²) in [6, 6.07) is -0.433. The average molecular weight is 485 g/mol. The number of thiazole rings is 1. The number of carbonyl (C=O) groups excluding carboxylic acids is 3. The number of esters is 2. The van der Waals surface area contributed by atoms with Crippen molar-refractivity contribution in [3.05, 3.63) is 16.1 Å². The maximum atomic E-state index is 13.2. The predicted octanol–water partition coefficient (Wildman–Crippen LogP) is 4.43. The van der Waals surface area contributed by atoms with Crippen LogP contribution in [0.1, 0.15) is 95.2 Å². The molecule has 0 saturated carbocycles. The van der Waals surface area contributed by atoms with Crippen molar-refractivity contribution in [3.63, 3.8) is 0 Å². The summed E-state index contributed by atoms with van der Waals surface area (Å²) in [6.07, 6.45) is 1.38. The molecular formula is C23H36N2O7S. The van der Waals surface area contributed by atoms with Crippen molar-refractivity contribution < 1.29 is 33.8 Å². The zero-order valence-corrected chi connectivity index (χ0v) is 21.1. The number of ether oxygens (including phenoxy) is 2. The van der Waals surface area contributed by atoms with Crippen LogP contribution in [0.25, 0.3) is 0 Å². The van der Waals surface area contributed by atoms with Gasteiger partial charge in [0, 0.05) is 37.6 Å². The molecule has 9 nitrogen and oxygen atoms in total. The maximum absolute atomic E-state index is 13.2. The Morgan fingerprint density at radius 1 is 1.18 bits per heavy atom. The highest BCUT2D eigenvalue weighted by Gasteiger charge is 2.33. The largest absolute Gasteiger partial charge is 0.476 e. The minimum absolute atomic E-state index is 0.0623. The highest BCUT2D eigenvalue weighted by atomic mass is 32.1. The van der Waals surface area contributed by atoms with Gasteiger partial charge in [0.1, 0.15) is 5.01 Å². The van der Waals surface area contributed by atoms with Crippen molar-refractivity contribution in [2.24, 2.45) is 11.8 Å². The molecule has 0 saturated heterocycles. The number of hydrogen-bond donors (Lipinski definition) is 1. The quantitative estimate of drug-likeness (QED) is 0.304. The fourth-order valence-corrected chi connectivity index (χ4v) is 4.08. The summed E-state index contributed by atoms with van der Waals surface area (Å²) in [5.41, 5.74) is -0.133. The number of rotatable bonds is 14. The van der Waals surface area contributed by atoms with Crippen molar-refractivity contribution >= 4 is 35.2 Å². The standard InChI is InChI=1S/C23H36N2O7S/c1-7-9-21(28)31-13-25(20(27)10-15(5)8-2)18(14(3)4)11-19(32-16(6)26)22-24-17(12-33-22)23(29)30/h12,14-15,18-19H,7-11,13H2,1-6H3,(H,29,30)/t15-,18+,19+/m0/s1. The Labute approximate surface area is 199 Å². The summed E-state index contributed by atoms with van der Waals surface area (Å²) < 4.78 is 10.9. The molecule has 0 unspecified atom stereocenters. The van der Waals surface area contributed by atoms with E-state index >= 15 is 0 Å². The van der Waals surface area contributed by atoms with E-state index in [1.54, 1.807) is 0 Å². The summed E-state index contributed by atoms with van der Waals surface area (Å²) >= 11 is 1.08. The second-order valence-electron chi connectivity index (χ2n) is 8.50. The van der Waals surface area contributed by atoms with Gasteiger partial charge in [-0.05, 0) is 18.3 Å². The van der Waals surface area contributed by atoms with Crippen LogP contribution in [-0.2, 0) is 23.9 Å². The van der Waals surface area contributed by atoms with Crippen LogP contribution in [0.4, 0.5) is 0 Å². The lowest BCUT2D eigenvalue weighted by Gasteiger charge is -2.36. The first-order valence-corrected chi connectivity index (χ1v) is 12.2. The second-order valence-corrected chi connectivity index (χ2v) is 9.39. The molecule has 33 heavy (non-hydrogen) atoms. The van der Waals surface area contributed by atoms with Gasteiger partial charge in [-0.2, -0.15) is 0 Å². The van der Waals surface area contributed by atoms with E-state index in [2.05, 4.69) is 4.98 Å². The van der Waals surface area contributed by atoms with Crippen LogP contribution in [0.5, 0.6) is 0 Å². The molecule has 0 spiro atoms. The van der Waals surface area contributed by atoms with E-state index in [1.807, 2.05) is 34.6 Å². The molecule has 0 radical (unpaired) electrons. The molecule has 1 amide bonds. The highest BCUT2D eigenvalue weighted by Crippen LogP contribution is 2.31. The Hall–Kier alpha value is -2.49. The number of aromatic carboxylic acids is 1. The van der Waals surface area contributed by atoms with Gasteiger partial charge >= 0.3 is 17.9 Å². The van der Waals surface area contributed by atoms with E-state index in [0.29, 0.717) is 17.8 Å². The first-order chi connectivity index (χ1) is 15.5. The number of nitrogens with zero attached hydrogens (tertiary/aromatic N) is 2. The minimum atomic E-state index is -1.17.